The highest BCUT2D eigenvalue weighted by Gasteiger charge is 2.47. The van der Waals surface area contributed by atoms with E-state index >= 15 is 0 Å². The third-order valence-corrected chi connectivity index (χ3v) is 2.58. The Morgan fingerprint density at radius 1 is 1.50 bits per heavy atom. The Bertz CT molecular complexity index is 468. The molecule has 0 saturated carbocycles. The summed E-state index contributed by atoms with van der Waals surface area (Å²) in [5.41, 5.74) is 0.727. The molecule has 0 unspecified atom stereocenters. The molecule has 1 aromatic carbocycles. The molecule has 1 aliphatic rings. The Balaban J connectivity index is 0.00000162. The molecule has 1 amide bonds. The molecule has 1 heterocycles. The number of cyclic esters (lactones) is 1. The molecular weight excluding hydrogens is 268 g/mol. The van der Waals surface area contributed by atoms with Gasteiger partial charge >= 0.3 is 12.0 Å². The lowest BCUT2D eigenvalue weighted by Crippen LogP contribution is -2.49. The van der Waals surface area contributed by atoms with Gasteiger partial charge in [-0.1, -0.05) is 12.1 Å². The molecule has 1 aromatic rings. The highest BCUT2D eigenvalue weighted by Crippen LogP contribution is 2.38. The van der Waals surface area contributed by atoms with Gasteiger partial charge in [0.1, 0.15) is 11.8 Å². The van der Waals surface area contributed by atoms with E-state index in [1.54, 1.807) is 13.0 Å². The van der Waals surface area contributed by atoms with Gasteiger partial charge in [-0.2, -0.15) is 0 Å². The van der Waals surface area contributed by atoms with Crippen LogP contribution in [0.3, 0.4) is 0 Å². The fourth-order valence-electron chi connectivity index (χ4n) is 1.71. The number of alkyl carbamates (subject to hydrolysis) is 1. The number of aromatic hydroxyl groups is 1. The van der Waals surface area contributed by atoms with Gasteiger partial charge in [0, 0.05) is 5.56 Å². The van der Waals surface area contributed by atoms with Gasteiger partial charge in [0.15, 0.2) is 6.61 Å². The zero-order chi connectivity index (χ0) is 12.6. The number of phenolic OH excluding ortho intramolecular Hbond substituents is 1. The first-order valence-corrected chi connectivity index (χ1v) is 5.01. The summed E-state index contributed by atoms with van der Waals surface area (Å²) in [5.74, 6) is -3.52. The van der Waals surface area contributed by atoms with Crippen molar-refractivity contribution in [3.63, 3.8) is 0 Å². The molecule has 18 heavy (non-hydrogen) atoms. The van der Waals surface area contributed by atoms with E-state index in [4.69, 9.17) is 0 Å². The Labute approximate surface area is 108 Å². The number of halogens is 3. The fourth-order valence-corrected chi connectivity index (χ4v) is 1.71. The number of alkyl halides is 2. The van der Waals surface area contributed by atoms with Gasteiger partial charge in [-0.25, -0.2) is 13.6 Å². The molecule has 0 aliphatic carbocycles. The topological polar surface area (TPSA) is 58.6 Å². The van der Waals surface area contributed by atoms with Crippen molar-refractivity contribution in [3.05, 3.63) is 29.3 Å². The molecule has 100 valence electrons. The van der Waals surface area contributed by atoms with E-state index in [1.165, 1.54) is 12.1 Å². The molecule has 0 radical (unpaired) electrons. The number of carbonyl (C=O) groups excluding carboxylic acids is 1. The van der Waals surface area contributed by atoms with Crippen LogP contribution in [0.15, 0.2) is 18.2 Å². The first-order chi connectivity index (χ1) is 7.90. The quantitative estimate of drug-likeness (QED) is 0.830. The van der Waals surface area contributed by atoms with Crippen LogP contribution < -0.4 is 5.32 Å². The highest BCUT2D eigenvalue weighted by molar-refractivity contribution is 5.85. The summed E-state index contributed by atoms with van der Waals surface area (Å²) in [6.45, 7) is 0.737. The van der Waals surface area contributed by atoms with Gasteiger partial charge in [0.2, 0.25) is 0 Å². The first kappa shape index (κ1) is 14.5. The number of phenols is 1. The number of carbonyl (C=O) groups is 1. The minimum absolute atomic E-state index is 0. The van der Waals surface area contributed by atoms with Crippen LogP contribution in [0.25, 0.3) is 0 Å². The lowest BCUT2D eigenvalue weighted by Gasteiger charge is -2.32. The largest absolute Gasteiger partial charge is 0.508 e. The third kappa shape index (κ3) is 2.64. The summed E-state index contributed by atoms with van der Waals surface area (Å²) in [6.07, 6.45) is -0.916. The summed E-state index contributed by atoms with van der Waals surface area (Å²) in [4.78, 5) is 11.0. The summed E-state index contributed by atoms with van der Waals surface area (Å²) >= 11 is 0. The van der Waals surface area contributed by atoms with Crippen LogP contribution in [-0.4, -0.2) is 23.7 Å². The second kappa shape index (κ2) is 4.97. The number of hydrogen-bond acceptors (Lipinski definition) is 3. The van der Waals surface area contributed by atoms with E-state index in [0.29, 0.717) is 0 Å². The molecular formula is C11H12ClF2NO3. The Morgan fingerprint density at radius 2 is 2.17 bits per heavy atom. The molecule has 0 bridgehead atoms. The molecule has 2 N–H and O–H groups in total. The van der Waals surface area contributed by atoms with Gasteiger partial charge in [-0.3, -0.25) is 0 Å². The van der Waals surface area contributed by atoms with E-state index in [1.807, 2.05) is 5.32 Å². The maximum atomic E-state index is 13.6. The minimum Gasteiger partial charge on any atom is -0.508 e. The Hall–Kier alpha value is -1.56. The summed E-state index contributed by atoms with van der Waals surface area (Å²) in [7, 11) is 0. The van der Waals surface area contributed by atoms with Crippen LogP contribution >= 0.6 is 12.4 Å². The van der Waals surface area contributed by atoms with Crippen molar-refractivity contribution in [2.75, 3.05) is 6.61 Å². The second-order valence-corrected chi connectivity index (χ2v) is 3.98. The monoisotopic (exact) mass is 279 g/mol. The Kier molecular flexibility index (Phi) is 4.01. The van der Waals surface area contributed by atoms with Crippen molar-refractivity contribution >= 4 is 18.5 Å². The van der Waals surface area contributed by atoms with Gasteiger partial charge in [-0.15, -0.1) is 12.4 Å². The van der Waals surface area contributed by atoms with Crippen molar-refractivity contribution < 1.29 is 23.4 Å². The van der Waals surface area contributed by atoms with Gasteiger partial charge in [0.05, 0.1) is 0 Å². The number of amides is 1. The van der Waals surface area contributed by atoms with Crippen molar-refractivity contribution in [1.82, 2.24) is 5.32 Å². The molecule has 0 aromatic heterocycles. The molecule has 1 atom stereocenters. The van der Waals surface area contributed by atoms with Crippen LogP contribution in [0.2, 0.25) is 0 Å². The second-order valence-electron chi connectivity index (χ2n) is 3.98. The highest BCUT2D eigenvalue weighted by atomic mass is 35.5. The predicted molar refractivity (Wildman–Crippen MR) is 62.3 cm³/mol. The summed E-state index contributed by atoms with van der Waals surface area (Å²) in [6, 6.07) is 2.76. The number of hydrogen-bond donors (Lipinski definition) is 2. The first-order valence-electron chi connectivity index (χ1n) is 5.01. The van der Waals surface area contributed by atoms with Crippen molar-refractivity contribution in [3.8, 4) is 5.75 Å². The Morgan fingerprint density at radius 3 is 2.78 bits per heavy atom. The van der Waals surface area contributed by atoms with Crippen LogP contribution in [0.4, 0.5) is 13.6 Å². The average molecular weight is 280 g/mol. The normalized spacial score (nSPS) is 21.5. The van der Waals surface area contributed by atoms with E-state index in [2.05, 4.69) is 4.74 Å². The van der Waals surface area contributed by atoms with Crippen molar-refractivity contribution in [2.24, 2.45) is 0 Å². The zero-order valence-electron chi connectivity index (χ0n) is 9.44. The number of benzene rings is 1. The van der Waals surface area contributed by atoms with E-state index < -0.39 is 24.7 Å². The van der Waals surface area contributed by atoms with Crippen LogP contribution in [0, 0.1) is 6.92 Å². The number of nitrogens with one attached hydrogen (secondary N) is 1. The van der Waals surface area contributed by atoms with Gasteiger partial charge in [0.25, 0.3) is 0 Å². The summed E-state index contributed by atoms with van der Waals surface area (Å²) < 4.78 is 31.3. The lowest BCUT2D eigenvalue weighted by molar-refractivity contribution is -0.104. The number of ether oxygens (including phenoxy) is 1. The van der Waals surface area contributed by atoms with Crippen LogP contribution in [-0.2, 0) is 4.74 Å². The SMILES string of the molecule is Cc1ccc([C@H]2NC(=O)OCC2(F)F)c(O)c1.Cl. The lowest BCUT2D eigenvalue weighted by atomic mass is 9.98. The maximum Gasteiger partial charge on any atom is 0.408 e. The molecule has 1 fully saturated rings. The molecule has 4 nitrogen and oxygen atoms in total. The average Bonchev–Trinajstić information content (AvgIpc) is 2.23. The standard InChI is InChI=1S/C11H11F2NO3.ClH/c1-6-2-3-7(8(15)4-6)9-11(12,13)5-17-10(16)14-9;/h2-4,9,15H,5H2,1H3,(H,14,16);1H/t9-;/m1./s1. The minimum atomic E-state index is -3.25. The summed E-state index contributed by atoms with van der Waals surface area (Å²) in [5, 5.41) is 11.6. The van der Waals surface area contributed by atoms with Gasteiger partial charge in [-0.05, 0) is 18.6 Å². The number of aryl methyl sites for hydroxylation is 1. The number of rotatable bonds is 1. The molecule has 1 saturated heterocycles. The predicted octanol–water partition coefficient (Wildman–Crippen LogP) is 2.54. The maximum absolute atomic E-state index is 13.6. The van der Waals surface area contributed by atoms with Crippen molar-refractivity contribution in [2.45, 2.75) is 18.9 Å². The van der Waals surface area contributed by atoms with E-state index in [-0.39, 0.29) is 23.7 Å². The van der Waals surface area contributed by atoms with E-state index in [0.717, 1.165) is 5.56 Å². The molecule has 7 heteroatoms. The molecule has 2 rings (SSSR count). The van der Waals surface area contributed by atoms with Crippen LogP contribution in [0.1, 0.15) is 17.2 Å². The zero-order valence-corrected chi connectivity index (χ0v) is 10.3. The fraction of sp³-hybridized carbons (Fsp3) is 0.364. The third-order valence-electron chi connectivity index (χ3n) is 2.58. The van der Waals surface area contributed by atoms with E-state index in [9.17, 15) is 18.7 Å². The van der Waals surface area contributed by atoms with Crippen molar-refractivity contribution in [1.29, 1.82) is 0 Å². The molecule has 0 spiro atoms. The van der Waals surface area contributed by atoms with Crippen LogP contribution in [0.5, 0.6) is 5.75 Å². The molecule has 1 aliphatic heterocycles. The smallest absolute Gasteiger partial charge is 0.408 e. The van der Waals surface area contributed by atoms with Gasteiger partial charge < -0.3 is 15.2 Å².